The summed E-state index contributed by atoms with van der Waals surface area (Å²) in [6.07, 6.45) is -3.43. The topological polar surface area (TPSA) is 103 Å². The highest BCUT2D eigenvalue weighted by molar-refractivity contribution is 6.30. The number of halogens is 4. The van der Waals surface area contributed by atoms with E-state index in [0.29, 0.717) is 71.5 Å². The van der Waals surface area contributed by atoms with E-state index in [2.05, 4.69) is 14.9 Å². The predicted molar refractivity (Wildman–Crippen MR) is 146 cm³/mol. The van der Waals surface area contributed by atoms with Gasteiger partial charge in [0.1, 0.15) is 23.5 Å². The van der Waals surface area contributed by atoms with Crippen LogP contribution in [0.3, 0.4) is 0 Å². The van der Waals surface area contributed by atoms with E-state index in [0.717, 1.165) is 12.5 Å². The first-order valence-corrected chi connectivity index (χ1v) is 13.9. The number of hydrogen-bond acceptors (Lipinski definition) is 7. The van der Waals surface area contributed by atoms with Crippen LogP contribution in [0.5, 0.6) is 5.88 Å². The van der Waals surface area contributed by atoms with Crippen molar-refractivity contribution in [2.45, 2.75) is 57.8 Å². The van der Waals surface area contributed by atoms with Gasteiger partial charge in [0.2, 0.25) is 5.88 Å². The van der Waals surface area contributed by atoms with Gasteiger partial charge >= 0.3 is 12.1 Å². The maximum Gasteiger partial charge on any atom is 0.421 e. The fourth-order valence-corrected chi connectivity index (χ4v) is 5.43. The van der Waals surface area contributed by atoms with Gasteiger partial charge in [-0.25, -0.2) is 19.7 Å². The van der Waals surface area contributed by atoms with Crippen LogP contribution in [0.15, 0.2) is 42.5 Å². The molecule has 42 heavy (non-hydrogen) atoms. The van der Waals surface area contributed by atoms with Crippen molar-refractivity contribution in [1.82, 2.24) is 24.4 Å². The zero-order valence-corrected chi connectivity index (χ0v) is 23.3. The van der Waals surface area contributed by atoms with Gasteiger partial charge in [-0.2, -0.15) is 13.2 Å². The van der Waals surface area contributed by atoms with Crippen molar-refractivity contribution >= 4 is 28.7 Å². The Kier molecular flexibility index (Phi) is 7.54. The predicted octanol–water partition coefficient (Wildman–Crippen LogP) is 5.68. The third-order valence-electron chi connectivity index (χ3n) is 7.72. The molecule has 4 aromatic rings. The van der Waals surface area contributed by atoms with Crippen LogP contribution >= 0.6 is 11.6 Å². The number of nitrogens with zero attached hydrogens (tertiary/aromatic N) is 5. The standard InChI is InChI=1S/C29H27ClF3N5O4/c1-16-25-18(12-21(29(31,32)33)27(36-25)42-15-17-2-4-19(30)5-3-17)8-10-37(16)14-24-34-22-6-7-23(28(39)40)35-26(22)38(24)13-20-9-11-41-20/h2-7,12,16,20H,8-11,13-15H2,1H3,(H,39,40)/t16-,20-/m0/s1. The highest BCUT2D eigenvalue weighted by Gasteiger charge is 2.38. The molecule has 0 spiro atoms. The van der Waals surface area contributed by atoms with Crippen LogP contribution < -0.4 is 4.74 Å². The van der Waals surface area contributed by atoms with Crippen molar-refractivity contribution in [1.29, 1.82) is 0 Å². The van der Waals surface area contributed by atoms with Crippen LogP contribution in [0, 0.1) is 0 Å². The fraction of sp³-hybridized carbons (Fsp3) is 0.379. The summed E-state index contributed by atoms with van der Waals surface area (Å²) in [5, 5.41) is 9.97. The average molecular weight is 602 g/mol. The molecule has 2 atom stereocenters. The van der Waals surface area contributed by atoms with Gasteiger partial charge < -0.3 is 19.1 Å². The van der Waals surface area contributed by atoms with Gasteiger partial charge in [-0.3, -0.25) is 4.90 Å². The van der Waals surface area contributed by atoms with Gasteiger partial charge in [0, 0.05) is 18.2 Å². The smallest absolute Gasteiger partial charge is 0.421 e. The van der Waals surface area contributed by atoms with E-state index in [1.807, 2.05) is 11.5 Å². The summed E-state index contributed by atoms with van der Waals surface area (Å²) in [6, 6.07) is 10.5. The molecule has 2 aliphatic rings. The Morgan fingerprint density at radius 1 is 1.17 bits per heavy atom. The lowest BCUT2D eigenvalue weighted by Crippen LogP contribution is -2.36. The number of aromatic nitrogens is 4. The molecule has 0 unspecified atom stereocenters. The summed E-state index contributed by atoms with van der Waals surface area (Å²) in [5.41, 5.74) is 1.72. The van der Waals surface area contributed by atoms with Crippen LogP contribution in [-0.2, 0) is 37.0 Å². The SMILES string of the molecule is C[C@H]1c2nc(OCc3ccc(Cl)cc3)c(C(F)(F)F)cc2CCN1Cc1nc2ccc(C(=O)O)nc2n1C[C@@H]1CCO1. The van der Waals surface area contributed by atoms with Crippen LogP contribution in [0.25, 0.3) is 11.2 Å². The summed E-state index contributed by atoms with van der Waals surface area (Å²) < 4.78 is 55.2. The number of hydrogen-bond donors (Lipinski definition) is 1. The Balaban J connectivity index is 1.30. The Hall–Kier alpha value is -3.74. The summed E-state index contributed by atoms with van der Waals surface area (Å²) in [4.78, 5) is 27.2. The lowest BCUT2D eigenvalue weighted by molar-refractivity contribution is -0.139. The number of carboxylic acid groups (broad SMARTS) is 1. The number of benzene rings is 1. The highest BCUT2D eigenvalue weighted by atomic mass is 35.5. The molecule has 1 N–H and O–H groups in total. The molecule has 0 aliphatic carbocycles. The normalized spacial score (nSPS) is 19.0. The second-order valence-corrected chi connectivity index (χ2v) is 10.9. The van der Waals surface area contributed by atoms with Gasteiger partial charge in [-0.1, -0.05) is 23.7 Å². The number of pyridine rings is 2. The van der Waals surface area contributed by atoms with Gasteiger partial charge in [0.05, 0.1) is 30.9 Å². The number of carboxylic acids is 1. The van der Waals surface area contributed by atoms with Crippen molar-refractivity contribution in [3.05, 3.63) is 81.4 Å². The van der Waals surface area contributed by atoms with E-state index in [9.17, 15) is 23.1 Å². The molecule has 3 aromatic heterocycles. The molecule has 13 heteroatoms. The zero-order valence-electron chi connectivity index (χ0n) is 22.6. The molecule has 2 aliphatic heterocycles. The monoisotopic (exact) mass is 601 g/mol. The second-order valence-electron chi connectivity index (χ2n) is 10.5. The fourth-order valence-electron chi connectivity index (χ4n) is 5.30. The van der Waals surface area contributed by atoms with Gasteiger partial charge in [0.25, 0.3) is 0 Å². The number of rotatable bonds is 8. The number of carbonyl (C=O) groups is 1. The van der Waals surface area contributed by atoms with Gasteiger partial charge in [0.15, 0.2) is 11.3 Å². The summed E-state index contributed by atoms with van der Waals surface area (Å²) in [6.45, 7) is 3.77. The molecule has 1 aromatic carbocycles. The van der Waals surface area contributed by atoms with Crippen LogP contribution in [0.2, 0.25) is 5.02 Å². The first kappa shape index (κ1) is 28.4. The zero-order chi connectivity index (χ0) is 29.6. The third kappa shape index (κ3) is 5.66. The molecular weight excluding hydrogens is 575 g/mol. The maximum absolute atomic E-state index is 14.0. The number of alkyl halides is 3. The number of aromatic carboxylic acids is 1. The largest absolute Gasteiger partial charge is 0.477 e. The van der Waals surface area contributed by atoms with Crippen molar-refractivity contribution in [3.8, 4) is 5.88 Å². The van der Waals surface area contributed by atoms with Crippen molar-refractivity contribution in [2.24, 2.45) is 0 Å². The summed E-state index contributed by atoms with van der Waals surface area (Å²) in [5.74, 6) is -0.938. The first-order valence-electron chi connectivity index (χ1n) is 13.5. The molecule has 9 nitrogen and oxygen atoms in total. The number of ether oxygens (including phenoxy) is 2. The molecule has 1 fully saturated rings. The minimum atomic E-state index is -4.63. The molecule has 6 rings (SSSR count). The average Bonchev–Trinajstić information content (AvgIpc) is 3.27. The van der Waals surface area contributed by atoms with E-state index in [1.165, 1.54) is 6.07 Å². The number of fused-ring (bicyclic) bond motifs is 2. The lowest BCUT2D eigenvalue weighted by atomic mass is 9.97. The first-order chi connectivity index (χ1) is 20.1. The molecule has 5 heterocycles. The molecule has 0 amide bonds. The minimum absolute atomic E-state index is 0.0289. The molecular formula is C29H27ClF3N5O4. The van der Waals surface area contributed by atoms with E-state index in [-0.39, 0.29) is 24.4 Å². The summed E-state index contributed by atoms with van der Waals surface area (Å²) >= 11 is 5.92. The minimum Gasteiger partial charge on any atom is -0.477 e. The number of imidazole rings is 1. The van der Waals surface area contributed by atoms with E-state index in [1.54, 1.807) is 30.3 Å². The Morgan fingerprint density at radius 2 is 1.93 bits per heavy atom. The van der Waals surface area contributed by atoms with Crippen LogP contribution in [0.1, 0.15) is 58.1 Å². The van der Waals surface area contributed by atoms with Gasteiger partial charge in [-0.15, -0.1) is 0 Å². The van der Waals surface area contributed by atoms with Crippen molar-refractivity contribution in [3.63, 3.8) is 0 Å². The molecule has 220 valence electrons. The maximum atomic E-state index is 14.0. The van der Waals surface area contributed by atoms with E-state index in [4.69, 9.17) is 26.1 Å². The highest BCUT2D eigenvalue weighted by Crippen LogP contribution is 2.40. The Labute approximate surface area is 243 Å². The molecule has 1 saturated heterocycles. The van der Waals surface area contributed by atoms with Crippen LogP contribution in [-0.4, -0.2) is 54.8 Å². The Bertz CT molecular complexity index is 1640. The molecule has 0 radical (unpaired) electrons. The summed E-state index contributed by atoms with van der Waals surface area (Å²) in [7, 11) is 0. The molecule has 0 bridgehead atoms. The van der Waals surface area contributed by atoms with Gasteiger partial charge in [-0.05, 0) is 61.2 Å². The van der Waals surface area contributed by atoms with E-state index < -0.39 is 23.6 Å². The Morgan fingerprint density at radius 3 is 2.60 bits per heavy atom. The van der Waals surface area contributed by atoms with Crippen LogP contribution in [0.4, 0.5) is 13.2 Å². The van der Waals surface area contributed by atoms with Crippen molar-refractivity contribution in [2.75, 3.05) is 13.2 Å². The van der Waals surface area contributed by atoms with Crippen molar-refractivity contribution < 1.29 is 32.5 Å². The van der Waals surface area contributed by atoms with E-state index >= 15 is 0 Å². The lowest BCUT2D eigenvalue weighted by Gasteiger charge is -2.35. The molecule has 0 saturated carbocycles. The third-order valence-corrected chi connectivity index (χ3v) is 7.97. The quantitative estimate of drug-likeness (QED) is 0.275. The second kappa shape index (κ2) is 11.2.